The van der Waals surface area contributed by atoms with Crippen LogP contribution in [0, 0.1) is 5.82 Å². The number of aliphatic imine (C=N–C) groups is 1. The van der Waals surface area contributed by atoms with Gasteiger partial charge in [-0.25, -0.2) is 4.39 Å². The Morgan fingerprint density at radius 2 is 1.44 bits per heavy atom. The minimum Gasteiger partial charge on any atom is -0.489 e. The van der Waals surface area contributed by atoms with Crippen LogP contribution in [0.4, 0.5) is 10.1 Å². The van der Waals surface area contributed by atoms with E-state index in [1.54, 1.807) is 60.7 Å². The molecule has 1 aliphatic heterocycles. The molecule has 5 amide bonds. The lowest BCUT2D eigenvalue weighted by atomic mass is 10.0. The number of halogens is 1. The number of ether oxygens (including phenoxy) is 1. The van der Waals surface area contributed by atoms with Crippen molar-refractivity contribution in [1.82, 2.24) is 21.3 Å². The number of rotatable bonds is 21. The molecule has 0 aliphatic carbocycles. The maximum Gasteiger partial charge on any atom is 0.251 e. The highest BCUT2D eigenvalue weighted by atomic mass is 19.1. The molecule has 4 aromatic carbocycles. The van der Waals surface area contributed by atoms with Crippen molar-refractivity contribution in [1.29, 1.82) is 0 Å². The topological polar surface area (TPSA) is 236 Å². The number of β-lactam (4-membered cyclic amide) rings is 1. The molecule has 0 saturated carbocycles. The van der Waals surface area contributed by atoms with E-state index in [1.807, 2.05) is 30.3 Å². The van der Waals surface area contributed by atoms with Gasteiger partial charge in [0.2, 0.25) is 17.7 Å². The Kier molecular flexibility index (Phi) is 15.9. The molecule has 15 nitrogen and oxygen atoms in total. The number of amides is 5. The average molecular weight is 808 g/mol. The number of guanidine groups is 1. The van der Waals surface area contributed by atoms with Gasteiger partial charge in [-0.2, -0.15) is 0 Å². The lowest BCUT2D eigenvalue weighted by Gasteiger charge is -2.39. The Hall–Kier alpha value is -6.81. The summed E-state index contributed by atoms with van der Waals surface area (Å²) in [5.74, 6) is -3.06. The van der Waals surface area contributed by atoms with Crippen LogP contribution in [0.25, 0.3) is 0 Å². The van der Waals surface area contributed by atoms with Gasteiger partial charge in [-0.1, -0.05) is 66.7 Å². The predicted octanol–water partition coefficient (Wildman–Crippen LogP) is 2.56. The first-order valence-electron chi connectivity index (χ1n) is 19.4. The third-order valence-electron chi connectivity index (χ3n) is 9.56. The summed E-state index contributed by atoms with van der Waals surface area (Å²) in [7, 11) is 0. The highest BCUT2D eigenvalue weighted by molar-refractivity contribution is 6.06. The first-order chi connectivity index (χ1) is 28.5. The standard InChI is InChI=1S/C43H50FN9O6/c44-31-15-9-16-32(25-31)53-26-36(42(53)58)51-41(57)37(29-19-21-33(22-20-29)59-27-28-11-3-1-4-12-28)52-40(56)34(17-7-8-23-45)50-39(55)35(18-10-24-48-43(46)47)49-38(54)30-13-5-2-6-14-30/h1-6,9,11-16,19-22,25,34-37H,7-8,10,17-18,23-24,26-27,45H2,(H,49,54)(H,50,55)(H,51,57)(H,52,56)(H4,46,47,48). The van der Waals surface area contributed by atoms with Crippen molar-refractivity contribution in [2.75, 3.05) is 24.5 Å². The number of nitrogens with two attached hydrogens (primary N) is 3. The van der Waals surface area contributed by atoms with Gasteiger partial charge in [0.1, 0.15) is 42.3 Å². The SMILES string of the molecule is NCCCCC(NC(=O)C(CCCN=C(N)N)NC(=O)c1ccccc1)C(=O)NC(C(=O)NC1CN(c2cccc(F)c2)C1=O)c1ccc(OCc2ccccc2)cc1. The summed E-state index contributed by atoms with van der Waals surface area (Å²) in [6, 6.07) is 25.6. The van der Waals surface area contributed by atoms with Gasteiger partial charge in [-0.3, -0.25) is 29.0 Å². The van der Waals surface area contributed by atoms with Crippen molar-refractivity contribution in [3.8, 4) is 5.75 Å². The van der Waals surface area contributed by atoms with Gasteiger partial charge in [0.25, 0.3) is 11.8 Å². The summed E-state index contributed by atoms with van der Waals surface area (Å²) in [4.78, 5) is 73.7. The van der Waals surface area contributed by atoms with Gasteiger partial charge < -0.3 is 48.1 Å². The molecule has 4 aromatic rings. The van der Waals surface area contributed by atoms with E-state index in [1.165, 1.54) is 23.1 Å². The third-order valence-corrected chi connectivity index (χ3v) is 9.56. The number of nitrogens with one attached hydrogen (secondary N) is 4. The first kappa shape index (κ1) is 43.3. The molecule has 0 radical (unpaired) electrons. The van der Waals surface area contributed by atoms with Crippen LogP contribution in [0.5, 0.6) is 5.75 Å². The third kappa shape index (κ3) is 12.8. The molecule has 59 heavy (non-hydrogen) atoms. The number of nitrogens with zero attached hydrogens (tertiary/aromatic N) is 2. The first-order valence-corrected chi connectivity index (χ1v) is 19.4. The minimum absolute atomic E-state index is 0.0814. The Labute approximate surface area is 341 Å². The second-order valence-corrected chi connectivity index (χ2v) is 14.0. The Bertz CT molecular complexity index is 2070. The van der Waals surface area contributed by atoms with Crippen molar-refractivity contribution in [3.63, 3.8) is 0 Å². The molecule has 0 bridgehead atoms. The number of benzene rings is 4. The molecule has 16 heteroatoms. The number of unbranched alkanes of at least 4 members (excludes halogenated alkanes) is 1. The summed E-state index contributed by atoms with van der Waals surface area (Å²) in [6.45, 7) is 0.925. The molecule has 0 aromatic heterocycles. The molecule has 5 rings (SSSR count). The Morgan fingerprint density at radius 1 is 0.780 bits per heavy atom. The van der Waals surface area contributed by atoms with E-state index in [0.717, 1.165) is 5.56 Å². The highest BCUT2D eigenvalue weighted by Gasteiger charge is 2.40. The van der Waals surface area contributed by atoms with Crippen molar-refractivity contribution in [2.45, 2.75) is 62.9 Å². The number of carbonyl (C=O) groups excluding carboxylic acids is 5. The highest BCUT2D eigenvalue weighted by Crippen LogP contribution is 2.25. The summed E-state index contributed by atoms with van der Waals surface area (Å²) in [5.41, 5.74) is 18.7. The Balaban J connectivity index is 1.35. The molecular weight excluding hydrogens is 758 g/mol. The molecule has 4 atom stereocenters. The van der Waals surface area contributed by atoms with Crippen LogP contribution < -0.4 is 48.1 Å². The Morgan fingerprint density at radius 3 is 2.10 bits per heavy atom. The van der Waals surface area contributed by atoms with Crippen molar-refractivity contribution in [3.05, 3.63) is 132 Å². The lowest BCUT2D eigenvalue weighted by molar-refractivity contribution is -0.135. The fraction of sp³-hybridized carbons (Fsp3) is 0.302. The van der Waals surface area contributed by atoms with Crippen LogP contribution in [0.1, 0.15) is 59.6 Å². The smallest absolute Gasteiger partial charge is 0.251 e. The van der Waals surface area contributed by atoms with Crippen molar-refractivity contribution >= 4 is 41.2 Å². The quantitative estimate of drug-likeness (QED) is 0.0283. The zero-order valence-electron chi connectivity index (χ0n) is 32.5. The van der Waals surface area contributed by atoms with Gasteiger partial charge in [0.15, 0.2) is 5.96 Å². The van der Waals surface area contributed by atoms with E-state index < -0.39 is 59.5 Å². The fourth-order valence-electron chi connectivity index (χ4n) is 6.34. The molecule has 10 N–H and O–H groups in total. The van der Waals surface area contributed by atoms with Crippen LogP contribution in [0.2, 0.25) is 0 Å². The molecule has 1 saturated heterocycles. The van der Waals surface area contributed by atoms with Gasteiger partial charge in [-0.15, -0.1) is 0 Å². The van der Waals surface area contributed by atoms with E-state index in [-0.39, 0.29) is 31.9 Å². The molecule has 0 spiro atoms. The molecular formula is C43H50FN9O6. The second kappa shape index (κ2) is 21.6. The zero-order chi connectivity index (χ0) is 42.1. The largest absolute Gasteiger partial charge is 0.489 e. The molecule has 310 valence electrons. The summed E-state index contributed by atoms with van der Waals surface area (Å²) in [5, 5.41) is 11.0. The van der Waals surface area contributed by atoms with E-state index in [4.69, 9.17) is 21.9 Å². The van der Waals surface area contributed by atoms with Crippen LogP contribution in [-0.4, -0.2) is 73.3 Å². The zero-order valence-corrected chi connectivity index (χ0v) is 32.5. The van der Waals surface area contributed by atoms with Gasteiger partial charge in [0, 0.05) is 17.8 Å². The lowest BCUT2D eigenvalue weighted by Crippen LogP contribution is -2.65. The van der Waals surface area contributed by atoms with Crippen LogP contribution in [0.3, 0.4) is 0 Å². The maximum absolute atomic E-state index is 14.2. The van der Waals surface area contributed by atoms with Crippen LogP contribution >= 0.6 is 0 Å². The van der Waals surface area contributed by atoms with Crippen LogP contribution in [-0.2, 0) is 25.8 Å². The second-order valence-electron chi connectivity index (χ2n) is 14.0. The van der Waals surface area contributed by atoms with Gasteiger partial charge >= 0.3 is 0 Å². The van der Waals surface area contributed by atoms with E-state index in [2.05, 4.69) is 26.3 Å². The van der Waals surface area contributed by atoms with Crippen molar-refractivity contribution < 1.29 is 33.1 Å². The summed E-state index contributed by atoms with van der Waals surface area (Å²) < 4.78 is 19.8. The predicted molar refractivity (Wildman–Crippen MR) is 221 cm³/mol. The van der Waals surface area contributed by atoms with Crippen molar-refractivity contribution in [2.24, 2.45) is 22.2 Å². The minimum atomic E-state index is -1.32. The monoisotopic (exact) mass is 807 g/mol. The van der Waals surface area contributed by atoms with Crippen LogP contribution in [0.15, 0.2) is 114 Å². The molecule has 1 heterocycles. The molecule has 1 aliphatic rings. The van der Waals surface area contributed by atoms with E-state index >= 15 is 0 Å². The van der Waals surface area contributed by atoms with E-state index in [9.17, 15) is 28.4 Å². The van der Waals surface area contributed by atoms with E-state index in [0.29, 0.717) is 55.0 Å². The number of hydrogen-bond acceptors (Lipinski definition) is 8. The number of carbonyl (C=O) groups is 5. The summed E-state index contributed by atoms with van der Waals surface area (Å²) in [6.07, 6.45) is 1.64. The fourth-order valence-corrected chi connectivity index (χ4v) is 6.34. The summed E-state index contributed by atoms with van der Waals surface area (Å²) >= 11 is 0. The number of hydrogen-bond donors (Lipinski definition) is 7. The molecule has 1 fully saturated rings. The number of anilines is 1. The van der Waals surface area contributed by atoms with Gasteiger partial charge in [0.05, 0.1) is 6.54 Å². The maximum atomic E-state index is 14.2. The molecule has 4 unspecified atom stereocenters. The average Bonchev–Trinajstić information content (AvgIpc) is 3.24. The normalized spacial score (nSPS) is 14.8. The van der Waals surface area contributed by atoms with Gasteiger partial charge in [-0.05, 0) is 92.2 Å².